The van der Waals surface area contributed by atoms with Gasteiger partial charge in [-0.15, -0.1) is 0 Å². The largest absolute Gasteiger partial charge is 0.481 e. The molecule has 0 aromatic rings. The van der Waals surface area contributed by atoms with Crippen molar-refractivity contribution in [1.29, 1.82) is 0 Å². The Hall–Kier alpha value is -0.780. The molecule has 1 rings (SSSR count). The zero-order valence-electron chi connectivity index (χ0n) is 9.57. The molecule has 100 valence electrons. The fourth-order valence-electron chi connectivity index (χ4n) is 2.43. The van der Waals surface area contributed by atoms with Gasteiger partial charge >= 0.3 is 12.1 Å². The molecule has 2 N–H and O–H groups in total. The van der Waals surface area contributed by atoms with E-state index in [-0.39, 0.29) is 18.8 Å². The first-order valence-corrected chi connectivity index (χ1v) is 5.71. The van der Waals surface area contributed by atoms with E-state index in [0.29, 0.717) is 12.8 Å². The second-order valence-corrected chi connectivity index (χ2v) is 4.79. The summed E-state index contributed by atoms with van der Waals surface area (Å²) in [6.07, 6.45) is -5.50. The quantitative estimate of drug-likeness (QED) is 0.813. The van der Waals surface area contributed by atoms with Gasteiger partial charge in [-0.2, -0.15) is 13.2 Å². The van der Waals surface area contributed by atoms with E-state index in [0.717, 1.165) is 0 Å². The first-order valence-electron chi connectivity index (χ1n) is 5.71. The molecule has 0 radical (unpaired) electrons. The number of hydrogen-bond acceptors (Lipinski definition) is 2. The molecule has 3 nitrogen and oxygen atoms in total. The predicted molar refractivity (Wildman–Crippen MR) is 54.3 cm³/mol. The molecule has 0 spiro atoms. The van der Waals surface area contributed by atoms with Crippen LogP contribution in [0.2, 0.25) is 0 Å². The molecule has 2 atom stereocenters. The fraction of sp³-hybridized carbons (Fsp3) is 0.909. The van der Waals surface area contributed by atoms with Crippen molar-refractivity contribution in [3.05, 3.63) is 0 Å². The molecular weight excluding hydrogens is 237 g/mol. The standard InChI is InChI=1S/C11H17F3O3/c1-6(10(16)17)7-2-4-8(5-3-7)9(15)11(12,13)14/h6-9,15H,2-5H2,1H3,(H,16,17). The molecule has 0 amide bonds. The smallest absolute Gasteiger partial charge is 0.414 e. The Morgan fingerprint density at radius 2 is 1.59 bits per heavy atom. The van der Waals surface area contributed by atoms with Gasteiger partial charge in [0.25, 0.3) is 0 Å². The van der Waals surface area contributed by atoms with Crippen molar-refractivity contribution in [2.45, 2.75) is 44.9 Å². The number of aliphatic hydroxyl groups excluding tert-OH is 1. The maximum atomic E-state index is 12.3. The average molecular weight is 254 g/mol. The number of alkyl halides is 3. The SMILES string of the molecule is CC(C(=O)O)C1CCC(C(O)C(F)(F)F)CC1. The van der Waals surface area contributed by atoms with Gasteiger partial charge in [0, 0.05) is 0 Å². The van der Waals surface area contributed by atoms with Gasteiger partial charge in [-0.3, -0.25) is 4.79 Å². The fourth-order valence-corrected chi connectivity index (χ4v) is 2.43. The lowest BCUT2D eigenvalue weighted by Crippen LogP contribution is -2.38. The van der Waals surface area contributed by atoms with Gasteiger partial charge < -0.3 is 10.2 Å². The summed E-state index contributed by atoms with van der Waals surface area (Å²) in [7, 11) is 0. The first kappa shape index (κ1) is 14.3. The molecule has 6 heteroatoms. The Labute approximate surface area is 97.6 Å². The van der Waals surface area contributed by atoms with Crippen LogP contribution in [0.15, 0.2) is 0 Å². The molecule has 0 heterocycles. The van der Waals surface area contributed by atoms with Crippen LogP contribution in [0.25, 0.3) is 0 Å². The van der Waals surface area contributed by atoms with Crippen LogP contribution in [0.3, 0.4) is 0 Å². The maximum Gasteiger partial charge on any atom is 0.414 e. The number of carbonyl (C=O) groups is 1. The van der Waals surface area contributed by atoms with Crippen LogP contribution in [-0.2, 0) is 4.79 Å². The molecule has 1 fully saturated rings. The highest BCUT2D eigenvalue weighted by Crippen LogP contribution is 2.39. The third-order valence-electron chi connectivity index (χ3n) is 3.70. The van der Waals surface area contributed by atoms with Crippen LogP contribution in [0.1, 0.15) is 32.6 Å². The third kappa shape index (κ3) is 3.59. The third-order valence-corrected chi connectivity index (χ3v) is 3.70. The summed E-state index contributed by atoms with van der Waals surface area (Å²) in [6.45, 7) is 1.58. The topological polar surface area (TPSA) is 57.5 Å². The molecule has 17 heavy (non-hydrogen) atoms. The van der Waals surface area contributed by atoms with Crippen molar-refractivity contribution in [3.63, 3.8) is 0 Å². The molecule has 0 aliphatic heterocycles. The van der Waals surface area contributed by atoms with Crippen LogP contribution in [-0.4, -0.2) is 28.5 Å². The summed E-state index contributed by atoms with van der Waals surface area (Å²) in [6, 6.07) is 0. The van der Waals surface area contributed by atoms with Gasteiger partial charge in [0.05, 0.1) is 5.92 Å². The number of rotatable bonds is 3. The minimum Gasteiger partial charge on any atom is -0.481 e. The zero-order valence-corrected chi connectivity index (χ0v) is 9.57. The van der Waals surface area contributed by atoms with Crippen molar-refractivity contribution < 1.29 is 28.2 Å². The first-order chi connectivity index (χ1) is 7.73. The number of halogens is 3. The highest BCUT2D eigenvalue weighted by Gasteiger charge is 2.44. The van der Waals surface area contributed by atoms with E-state index in [9.17, 15) is 18.0 Å². The minimum atomic E-state index is -4.57. The Morgan fingerprint density at radius 3 is 1.94 bits per heavy atom. The van der Waals surface area contributed by atoms with Crippen molar-refractivity contribution in [3.8, 4) is 0 Å². The number of aliphatic carboxylic acids is 1. The second kappa shape index (κ2) is 5.25. The Bertz CT molecular complexity index is 270. The number of hydrogen-bond donors (Lipinski definition) is 2. The van der Waals surface area contributed by atoms with E-state index >= 15 is 0 Å². The highest BCUT2D eigenvalue weighted by atomic mass is 19.4. The molecule has 0 aromatic heterocycles. The lowest BCUT2D eigenvalue weighted by Gasteiger charge is -2.33. The van der Waals surface area contributed by atoms with Gasteiger partial charge in [-0.1, -0.05) is 6.92 Å². The number of carboxylic acids is 1. The summed E-state index contributed by atoms with van der Waals surface area (Å²) < 4.78 is 36.8. The van der Waals surface area contributed by atoms with Crippen molar-refractivity contribution >= 4 is 5.97 Å². The van der Waals surface area contributed by atoms with E-state index < -0.39 is 30.1 Å². The van der Waals surface area contributed by atoms with Gasteiger partial charge in [0.1, 0.15) is 0 Å². The monoisotopic (exact) mass is 254 g/mol. The van der Waals surface area contributed by atoms with E-state index in [1.54, 1.807) is 6.92 Å². The van der Waals surface area contributed by atoms with Gasteiger partial charge in [0.2, 0.25) is 0 Å². The molecule has 1 aliphatic carbocycles. The van der Waals surface area contributed by atoms with E-state index in [1.807, 2.05) is 0 Å². The van der Waals surface area contributed by atoms with Crippen LogP contribution in [0.5, 0.6) is 0 Å². The zero-order chi connectivity index (χ0) is 13.2. The van der Waals surface area contributed by atoms with Crippen molar-refractivity contribution in [2.24, 2.45) is 17.8 Å². The maximum absolute atomic E-state index is 12.3. The molecule has 1 aliphatic rings. The van der Waals surface area contributed by atoms with Gasteiger partial charge in [-0.25, -0.2) is 0 Å². The van der Waals surface area contributed by atoms with Crippen molar-refractivity contribution in [2.75, 3.05) is 0 Å². The Morgan fingerprint density at radius 1 is 1.18 bits per heavy atom. The highest BCUT2D eigenvalue weighted by molar-refractivity contribution is 5.69. The van der Waals surface area contributed by atoms with E-state index in [1.165, 1.54) is 0 Å². The molecular formula is C11H17F3O3. The average Bonchev–Trinajstić information content (AvgIpc) is 2.26. The predicted octanol–water partition coefficient (Wildman–Crippen LogP) is 2.44. The molecule has 0 saturated heterocycles. The van der Waals surface area contributed by atoms with E-state index in [4.69, 9.17) is 10.2 Å². The molecule has 0 bridgehead atoms. The molecule has 0 aromatic carbocycles. The van der Waals surface area contributed by atoms with Crippen LogP contribution < -0.4 is 0 Å². The summed E-state index contributed by atoms with van der Waals surface area (Å²) in [5.41, 5.74) is 0. The number of aliphatic hydroxyl groups is 1. The van der Waals surface area contributed by atoms with Gasteiger partial charge in [0.15, 0.2) is 6.10 Å². The lowest BCUT2D eigenvalue weighted by atomic mass is 9.74. The Balaban J connectivity index is 2.49. The van der Waals surface area contributed by atoms with Crippen LogP contribution in [0.4, 0.5) is 13.2 Å². The number of carboxylic acid groups (broad SMARTS) is 1. The summed E-state index contributed by atoms with van der Waals surface area (Å²) in [5.74, 6) is -2.31. The minimum absolute atomic E-state index is 0.0795. The van der Waals surface area contributed by atoms with Crippen LogP contribution >= 0.6 is 0 Å². The molecule has 2 unspecified atom stereocenters. The van der Waals surface area contributed by atoms with Crippen molar-refractivity contribution in [1.82, 2.24) is 0 Å². The summed E-state index contributed by atoms with van der Waals surface area (Å²) in [4.78, 5) is 10.7. The Kier molecular flexibility index (Phi) is 4.41. The normalized spacial score (nSPS) is 29.7. The van der Waals surface area contributed by atoms with E-state index in [2.05, 4.69) is 0 Å². The summed E-state index contributed by atoms with van der Waals surface area (Å²) >= 11 is 0. The summed E-state index contributed by atoms with van der Waals surface area (Å²) in [5, 5.41) is 17.9. The van der Waals surface area contributed by atoms with Crippen LogP contribution in [0, 0.1) is 17.8 Å². The van der Waals surface area contributed by atoms with Gasteiger partial charge in [-0.05, 0) is 37.5 Å². The molecule has 1 saturated carbocycles. The lowest BCUT2D eigenvalue weighted by molar-refractivity contribution is -0.223. The second-order valence-electron chi connectivity index (χ2n) is 4.79.